The number of halogens is 2. The van der Waals surface area contributed by atoms with Crippen molar-refractivity contribution in [1.29, 1.82) is 0 Å². The van der Waals surface area contributed by atoms with E-state index in [1.807, 2.05) is 0 Å². The summed E-state index contributed by atoms with van der Waals surface area (Å²) in [5, 5.41) is 0.206. The molecule has 0 N–H and O–H groups in total. The fourth-order valence-corrected chi connectivity index (χ4v) is 5.24. The summed E-state index contributed by atoms with van der Waals surface area (Å²) in [6.45, 7) is 1.67. The Morgan fingerprint density at radius 2 is 2.00 bits per heavy atom. The largest absolute Gasteiger partial charge is 0.346 e. The molecular formula is C13H15BrClNO4S. The van der Waals surface area contributed by atoms with Gasteiger partial charge in [0, 0.05) is 17.4 Å². The highest BCUT2D eigenvalue weighted by atomic mass is 79.9. The molecule has 21 heavy (non-hydrogen) atoms. The first-order chi connectivity index (χ1) is 9.93. The van der Waals surface area contributed by atoms with Gasteiger partial charge in [-0.1, -0.05) is 27.5 Å². The van der Waals surface area contributed by atoms with E-state index in [9.17, 15) is 8.42 Å². The smallest absolute Gasteiger partial charge is 0.244 e. The summed E-state index contributed by atoms with van der Waals surface area (Å²) in [4.78, 5) is 0.113. The van der Waals surface area contributed by atoms with Crippen molar-refractivity contribution in [3.8, 4) is 0 Å². The van der Waals surface area contributed by atoms with Crippen LogP contribution in [0.3, 0.4) is 0 Å². The highest BCUT2D eigenvalue weighted by molar-refractivity contribution is 9.10. The number of rotatable bonds is 2. The molecule has 8 heteroatoms. The van der Waals surface area contributed by atoms with Crippen molar-refractivity contribution in [3.63, 3.8) is 0 Å². The van der Waals surface area contributed by atoms with Crippen molar-refractivity contribution in [1.82, 2.24) is 4.31 Å². The summed E-state index contributed by atoms with van der Waals surface area (Å²) in [6.07, 6.45) is 1.42. The molecule has 0 unspecified atom stereocenters. The Kier molecular flexibility index (Phi) is 4.33. The molecule has 2 heterocycles. The van der Waals surface area contributed by atoms with E-state index in [2.05, 4.69) is 15.9 Å². The van der Waals surface area contributed by atoms with E-state index < -0.39 is 15.8 Å². The molecule has 3 rings (SSSR count). The van der Waals surface area contributed by atoms with Gasteiger partial charge >= 0.3 is 0 Å². The van der Waals surface area contributed by atoms with Crippen LogP contribution in [0.5, 0.6) is 0 Å². The molecule has 2 fully saturated rings. The van der Waals surface area contributed by atoms with Crippen LogP contribution in [0.25, 0.3) is 0 Å². The van der Waals surface area contributed by atoms with Crippen molar-refractivity contribution in [2.45, 2.75) is 23.5 Å². The van der Waals surface area contributed by atoms with Crippen LogP contribution in [-0.4, -0.2) is 44.8 Å². The molecule has 0 aromatic heterocycles. The molecule has 0 amide bonds. The van der Waals surface area contributed by atoms with Crippen molar-refractivity contribution >= 4 is 37.6 Å². The summed E-state index contributed by atoms with van der Waals surface area (Å²) in [7, 11) is -3.65. The van der Waals surface area contributed by atoms with Gasteiger partial charge in [-0.25, -0.2) is 8.42 Å². The molecule has 0 saturated carbocycles. The molecule has 1 aromatic rings. The van der Waals surface area contributed by atoms with E-state index in [4.69, 9.17) is 21.1 Å². The zero-order valence-corrected chi connectivity index (χ0v) is 14.4. The van der Waals surface area contributed by atoms with Crippen molar-refractivity contribution in [2.75, 3.05) is 26.3 Å². The summed E-state index contributed by atoms with van der Waals surface area (Å²) >= 11 is 9.36. The fraction of sp³-hybridized carbons (Fsp3) is 0.538. The zero-order chi connectivity index (χ0) is 15.1. The Bertz CT molecular complexity index is 646. The van der Waals surface area contributed by atoms with Crippen LogP contribution in [0.1, 0.15) is 12.8 Å². The minimum Gasteiger partial charge on any atom is -0.346 e. The molecule has 0 atom stereocenters. The van der Waals surface area contributed by atoms with Gasteiger partial charge in [-0.15, -0.1) is 0 Å². The normalized spacial score (nSPS) is 22.8. The summed E-state index contributed by atoms with van der Waals surface area (Å²) < 4.78 is 38.9. The van der Waals surface area contributed by atoms with Crippen LogP contribution in [0, 0.1) is 0 Å². The van der Waals surface area contributed by atoms with Crippen LogP contribution in [0.4, 0.5) is 0 Å². The lowest BCUT2D eigenvalue weighted by Gasteiger charge is -2.37. The average molecular weight is 397 g/mol. The third-order valence-electron chi connectivity index (χ3n) is 3.71. The Balaban J connectivity index is 1.90. The summed E-state index contributed by atoms with van der Waals surface area (Å²) in [5.74, 6) is -0.785. The van der Waals surface area contributed by atoms with Crippen LogP contribution < -0.4 is 0 Å². The minimum absolute atomic E-state index is 0.113. The Labute approximate surface area is 137 Å². The predicted molar refractivity (Wildman–Crippen MR) is 81.8 cm³/mol. The zero-order valence-electron chi connectivity index (χ0n) is 11.2. The lowest BCUT2D eigenvalue weighted by molar-refractivity contribution is -0.179. The third kappa shape index (κ3) is 3.00. The Morgan fingerprint density at radius 1 is 1.29 bits per heavy atom. The van der Waals surface area contributed by atoms with Gasteiger partial charge in [-0.2, -0.15) is 4.31 Å². The molecular weight excluding hydrogens is 382 g/mol. The molecule has 2 aliphatic rings. The molecule has 5 nitrogen and oxygen atoms in total. The van der Waals surface area contributed by atoms with Crippen molar-refractivity contribution in [3.05, 3.63) is 27.7 Å². The number of ether oxygens (including phenoxy) is 2. The molecule has 1 spiro atoms. The first-order valence-corrected chi connectivity index (χ1v) is 9.27. The highest BCUT2D eigenvalue weighted by Gasteiger charge is 2.44. The maximum atomic E-state index is 12.8. The van der Waals surface area contributed by atoms with Crippen molar-refractivity contribution < 1.29 is 17.9 Å². The van der Waals surface area contributed by atoms with E-state index >= 15 is 0 Å². The second-order valence-corrected chi connectivity index (χ2v) is 8.35. The van der Waals surface area contributed by atoms with Gasteiger partial charge in [0.15, 0.2) is 5.79 Å². The maximum absolute atomic E-state index is 12.8. The van der Waals surface area contributed by atoms with E-state index in [-0.39, 0.29) is 16.5 Å². The predicted octanol–water partition coefficient (Wildman–Crippen LogP) is 2.63. The van der Waals surface area contributed by atoms with Crippen LogP contribution in [0.2, 0.25) is 5.02 Å². The molecule has 0 radical (unpaired) electrons. The quantitative estimate of drug-likeness (QED) is 0.771. The molecule has 2 aliphatic heterocycles. The van der Waals surface area contributed by atoms with E-state index in [1.54, 1.807) is 12.1 Å². The fourth-order valence-electron chi connectivity index (χ4n) is 2.71. The number of benzene rings is 1. The number of hydrogen-bond donors (Lipinski definition) is 0. The van der Waals surface area contributed by atoms with Gasteiger partial charge in [-0.05, 0) is 24.6 Å². The van der Waals surface area contributed by atoms with Gasteiger partial charge in [-0.3, -0.25) is 0 Å². The molecule has 0 aliphatic carbocycles. The maximum Gasteiger partial charge on any atom is 0.244 e. The van der Waals surface area contributed by atoms with E-state index in [1.165, 1.54) is 10.4 Å². The molecule has 1 aromatic carbocycles. The van der Waals surface area contributed by atoms with Gasteiger partial charge in [0.05, 0.1) is 24.8 Å². The van der Waals surface area contributed by atoms with E-state index in [0.717, 1.165) is 4.47 Å². The molecule has 2 saturated heterocycles. The first-order valence-electron chi connectivity index (χ1n) is 6.66. The van der Waals surface area contributed by atoms with Gasteiger partial charge in [0.25, 0.3) is 0 Å². The van der Waals surface area contributed by atoms with Gasteiger partial charge < -0.3 is 9.47 Å². The third-order valence-corrected chi connectivity index (χ3v) is 6.53. The van der Waals surface area contributed by atoms with Crippen molar-refractivity contribution in [2.24, 2.45) is 0 Å². The lowest BCUT2D eigenvalue weighted by atomic mass is 10.1. The lowest BCUT2D eigenvalue weighted by Crippen LogP contribution is -2.50. The SMILES string of the molecule is O=S(=O)(c1ccc(Br)cc1Cl)N1CCCC2(C1)OCCO2. The standard InChI is InChI=1S/C13H15BrClNO4S/c14-10-2-3-12(11(15)8-10)21(17,18)16-5-1-4-13(9-16)19-6-7-20-13/h2-3,8H,1,4-7,9H2. The minimum atomic E-state index is -3.65. The molecule has 0 bridgehead atoms. The topological polar surface area (TPSA) is 55.8 Å². The van der Waals surface area contributed by atoms with Gasteiger partial charge in [0.1, 0.15) is 4.90 Å². The Morgan fingerprint density at radius 3 is 2.67 bits per heavy atom. The average Bonchev–Trinajstić information content (AvgIpc) is 2.86. The highest BCUT2D eigenvalue weighted by Crippen LogP contribution is 2.34. The van der Waals surface area contributed by atoms with Gasteiger partial charge in [0.2, 0.25) is 10.0 Å². The number of piperidine rings is 1. The van der Waals surface area contributed by atoms with Crippen LogP contribution in [-0.2, 0) is 19.5 Å². The van der Waals surface area contributed by atoms with Crippen LogP contribution in [0.15, 0.2) is 27.6 Å². The van der Waals surface area contributed by atoms with Crippen LogP contribution >= 0.6 is 27.5 Å². The summed E-state index contributed by atoms with van der Waals surface area (Å²) in [5.41, 5.74) is 0. The second kappa shape index (κ2) is 5.79. The number of nitrogens with zero attached hydrogens (tertiary/aromatic N) is 1. The summed E-state index contributed by atoms with van der Waals surface area (Å²) in [6, 6.07) is 4.76. The number of hydrogen-bond acceptors (Lipinski definition) is 4. The van der Waals surface area contributed by atoms with E-state index in [0.29, 0.717) is 32.6 Å². The first kappa shape index (κ1) is 15.7. The molecule has 116 valence electrons. The second-order valence-electron chi connectivity index (χ2n) is 5.12. The Hall–Kier alpha value is -0.180. The number of sulfonamides is 1. The monoisotopic (exact) mass is 395 g/mol.